The zero-order valence-corrected chi connectivity index (χ0v) is 11.6. The summed E-state index contributed by atoms with van der Waals surface area (Å²) in [5.41, 5.74) is 7.34. The van der Waals surface area contributed by atoms with E-state index in [1.807, 2.05) is 0 Å². The molecular weight excluding hydrogens is 296 g/mol. The van der Waals surface area contributed by atoms with Crippen LogP contribution in [0, 0.1) is 11.6 Å². The fourth-order valence-electron chi connectivity index (χ4n) is 1.91. The predicted octanol–water partition coefficient (Wildman–Crippen LogP) is 2.42. The van der Waals surface area contributed by atoms with Crippen LogP contribution >= 0.6 is 11.8 Å². The largest absolute Gasteiger partial charge is 0.341 e. The molecule has 3 aromatic rings. The highest BCUT2D eigenvalue weighted by molar-refractivity contribution is 7.99. The molecule has 3 rings (SSSR count). The van der Waals surface area contributed by atoms with Gasteiger partial charge in [0, 0.05) is 17.4 Å². The van der Waals surface area contributed by atoms with E-state index < -0.39 is 17.7 Å². The van der Waals surface area contributed by atoms with Crippen molar-refractivity contribution in [3.63, 3.8) is 0 Å². The predicted molar refractivity (Wildman–Crippen MR) is 75.7 cm³/mol. The first-order chi connectivity index (χ1) is 10.1. The summed E-state index contributed by atoms with van der Waals surface area (Å²) in [6, 6.07) is 2.62. The molecule has 108 valence electrons. The fraction of sp³-hybridized carbons (Fsp3) is 0.154. The van der Waals surface area contributed by atoms with E-state index in [0.29, 0.717) is 21.9 Å². The summed E-state index contributed by atoms with van der Waals surface area (Å²) in [6.07, 6.45) is 2.93. The van der Waals surface area contributed by atoms with Gasteiger partial charge in [-0.15, -0.1) is 11.8 Å². The van der Waals surface area contributed by atoms with Gasteiger partial charge in [-0.1, -0.05) is 0 Å². The molecule has 1 unspecified atom stereocenters. The third-order valence-electron chi connectivity index (χ3n) is 2.95. The van der Waals surface area contributed by atoms with E-state index in [4.69, 9.17) is 5.73 Å². The van der Waals surface area contributed by atoms with E-state index in [0.717, 1.165) is 18.2 Å². The maximum Gasteiger partial charge on any atom is 0.181 e. The van der Waals surface area contributed by atoms with Crippen LogP contribution in [0.15, 0.2) is 35.9 Å². The molecule has 1 atom stereocenters. The molecule has 21 heavy (non-hydrogen) atoms. The lowest BCUT2D eigenvalue weighted by molar-refractivity contribution is 0.573. The van der Waals surface area contributed by atoms with Gasteiger partial charge < -0.3 is 10.7 Å². The van der Waals surface area contributed by atoms with Gasteiger partial charge in [-0.2, -0.15) is 0 Å². The third kappa shape index (κ3) is 2.86. The van der Waals surface area contributed by atoms with E-state index in [1.54, 1.807) is 0 Å². The highest BCUT2D eigenvalue weighted by Crippen LogP contribution is 2.27. The van der Waals surface area contributed by atoms with Gasteiger partial charge in [-0.3, -0.25) is 0 Å². The summed E-state index contributed by atoms with van der Waals surface area (Å²) >= 11 is 1.34. The second kappa shape index (κ2) is 5.74. The van der Waals surface area contributed by atoms with Crippen molar-refractivity contribution in [1.29, 1.82) is 0 Å². The van der Waals surface area contributed by atoms with Crippen LogP contribution in [0.3, 0.4) is 0 Å². The second-order valence-corrected chi connectivity index (χ2v) is 5.37. The molecule has 0 amide bonds. The Kier molecular flexibility index (Phi) is 3.80. The maximum atomic E-state index is 13.7. The Morgan fingerprint density at radius 2 is 2.10 bits per heavy atom. The summed E-state index contributed by atoms with van der Waals surface area (Å²) < 4.78 is 26.8. The van der Waals surface area contributed by atoms with Gasteiger partial charge in [-0.05, 0) is 18.2 Å². The summed E-state index contributed by atoms with van der Waals surface area (Å²) in [5.74, 6) is -0.672. The van der Waals surface area contributed by atoms with Crippen molar-refractivity contribution < 1.29 is 8.78 Å². The van der Waals surface area contributed by atoms with Gasteiger partial charge in [0.15, 0.2) is 5.65 Å². The number of fused-ring (bicyclic) bond motifs is 1. The minimum atomic E-state index is -0.640. The molecule has 3 N–H and O–H groups in total. The van der Waals surface area contributed by atoms with Crippen LogP contribution < -0.4 is 5.73 Å². The maximum absolute atomic E-state index is 13.7. The van der Waals surface area contributed by atoms with E-state index in [9.17, 15) is 8.78 Å². The van der Waals surface area contributed by atoms with Crippen molar-refractivity contribution in [2.24, 2.45) is 5.73 Å². The SMILES string of the molecule is NC(CSc1ncnc2nc[nH]c12)c1cc(F)ccc1F. The Morgan fingerprint density at radius 1 is 1.24 bits per heavy atom. The van der Waals surface area contributed by atoms with E-state index in [1.165, 1.54) is 24.4 Å². The quantitative estimate of drug-likeness (QED) is 0.571. The van der Waals surface area contributed by atoms with Crippen LogP contribution in [-0.4, -0.2) is 25.7 Å². The van der Waals surface area contributed by atoms with Gasteiger partial charge in [0.05, 0.1) is 6.33 Å². The van der Waals surface area contributed by atoms with E-state index in [-0.39, 0.29) is 5.56 Å². The number of nitrogens with zero attached hydrogens (tertiary/aromatic N) is 3. The van der Waals surface area contributed by atoms with E-state index in [2.05, 4.69) is 19.9 Å². The average molecular weight is 307 g/mol. The highest BCUT2D eigenvalue weighted by Gasteiger charge is 2.15. The Morgan fingerprint density at radius 3 is 2.95 bits per heavy atom. The van der Waals surface area contributed by atoms with E-state index >= 15 is 0 Å². The number of hydrogen-bond donors (Lipinski definition) is 2. The number of aromatic nitrogens is 4. The first kappa shape index (κ1) is 13.9. The summed E-state index contributed by atoms with van der Waals surface area (Å²) in [5, 5.41) is 0.671. The molecule has 0 bridgehead atoms. The van der Waals surface area contributed by atoms with Crippen LogP contribution in [-0.2, 0) is 0 Å². The Labute approximate surface area is 123 Å². The van der Waals surface area contributed by atoms with Crippen LogP contribution in [0.4, 0.5) is 8.78 Å². The molecule has 1 aromatic carbocycles. The minimum Gasteiger partial charge on any atom is -0.341 e. The van der Waals surface area contributed by atoms with Crippen LogP contribution in [0.5, 0.6) is 0 Å². The molecule has 0 spiro atoms. The van der Waals surface area contributed by atoms with Gasteiger partial charge in [0.1, 0.15) is 28.5 Å². The third-order valence-corrected chi connectivity index (χ3v) is 4.05. The zero-order chi connectivity index (χ0) is 14.8. The lowest BCUT2D eigenvalue weighted by atomic mass is 10.1. The zero-order valence-electron chi connectivity index (χ0n) is 10.8. The molecule has 2 aromatic heterocycles. The van der Waals surface area contributed by atoms with Gasteiger partial charge >= 0.3 is 0 Å². The monoisotopic (exact) mass is 307 g/mol. The van der Waals surface area contributed by atoms with Crippen molar-refractivity contribution in [1.82, 2.24) is 19.9 Å². The fourth-order valence-corrected chi connectivity index (χ4v) is 2.84. The van der Waals surface area contributed by atoms with Crippen LogP contribution in [0.25, 0.3) is 11.2 Å². The molecular formula is C13H11F2N5S. The Balaban J connectivity index is 1.78. The number of thioether (sulfide) groups is 1. The van der Waals surface area contributed by atoms with Crippen molar-refractivity contribution in [3.05, 3.63) is 48.1 Å². The summed E-state index contributed by atoms with van der Waals surface area (Å²) in [6.45, 7) is 0. The Hall–Kier alpha value is -2.06. The number of halogens is 2. The molecule has 0 fully saturated rings. The number of hydrogen-bond acceptors (Lipinski definition) is 5. The molecule has 0 radical (unpaired) electrons. The molecule has 0 saturated carbocycles. The van der Waals surface area contributed by atoms with Gasteiger partial charge in [-0.25, -0.2) is 23.7 Å². The topological polar surface area (TPSA) is 80.5 Å². The highest BCUT2D eigenvalue weighted by atomic mass is 32.2. The van der Waals surface area contributed by atoms with Crippen molar-refractivity contribution in [2.75, 3.05) is 5.75 Å². The molecule has 2 heterocycles. The summed E-state index contributed by atoms with van der Waals surface area (Å²) in [4.78, 5) is 15.1. The molecule has 0 aliphatic carbocycles. The first-order valence-electron chi connectivity index (χ1n) is 6.12. The molecule has 8 heteroatoms. The second-order valence-electron chi connectivity index (χ2n) is 4.36. The minimum absolute atomic E-state index is 0.150. The first-order valence-corrected chi connectivity index (χ1v) is 7.11. The van der Waals surface area contributed by atoms with Gasteiger partial charge in [0.25, 0.3) is 0 Å². The van der Waals surface area contributed by atoms with Gasteiger partial charge in [0.2, 0.25) is 0 Å². The summed E-state index contributed by atoms with van der Waals surface area (Å²) in [7, 11) is 0. The van der Waals surface area contributed by atoms with Crippen molar-refractivity contribution in [3.8, 4) is 0 Å². The average Bonchev–Trinajstić information content (AvgIpc) is 2.96. The van der Waals surface area contributed by atoms with Crippen molar-refractivity contribution >= 4 is 22.9 Å². The standard InChI is InChI=1S/C13H11F2N5S/c14-7-1-2-9(15)8(3-7)10(16)4-21-13-11-12(18-5-17-11)19-6-20-13/h1-3,5-6,10H,4,16H2,(H,17,18,19,20). The molecule has 0 saturated heterocycles. The normalized spacial score (nSPS) is 12.7. The molecule has 5 nitrogen and oxygen atoms in total. The number of nitrogens with two attached hydrogens (primary N) is 1. The number of imidazole rings is 1. The number of nitrogens with one attached hydrogen (secondary N) is 1. The molecule has 0 aliphatic rings. The van der Waals surface area contributed by atoms with Crippen LogP contribution in [0.1, 0.15) is 11.6 Å². The number of rotatable bonds is 4. The number of aromatic amines is 1. The van der Waals surface area contributed by atoms with Crippen molar-refractivity contribution in [2.45, 2.75) is 11.1 Å². The lowest BCUT2D eigenvalue weighted by Gasteiger charge is -2.12. The smallest absolute Gasteiger partial charge is 0.181 e. The van der Waals surface area contributed by atoms with Crippen LogP contribution in [0.2, 0.25) is 0 Å². The molecule has 0 aliphatic heterocycles. The Bertz CT molecular complexity index is 776. The lowest BCUT2D eigenvalue weighted by Crippen LogP contribution is -2.15. The number of H-pyrrole nitrogens is 1. The number of benzene rings is 1.